The zero-order chi connectivity index (χ0) is 19.2. The van der Waals surface area contributed by atoms with Crippen LogP contribution in [0.5, 0.6) is 0 Å². The molecular formula is C21H21ClN2O2S. The molecule has 1 fully saturated rings. The van der Waals surface area contributed by atoms with Crippen LogP contribution in [-0.2, 0) is 21.0 Å². The van der Waals surface area contributed by atoms with Crippen LogP contribution in [0, 0.1) is 6.92 Å². The maximum absolute atomic E-state index is 13.7. The molecule has 4 nitrogen and oxygen atoms in total. The zero-order valence-electron chi connectivity index (χ0n) is 15.4. The van der Waals surface area contributed by atoms with Gasteiger partial charge in [0.05, 0.1) is 12.2 Å². The molecule has 2 aliphatic heterocycles. The lowest BCUT2D eigenvalue weighted by Crippen LogP contribution is -2.50. The van der Waals surface area contributed by atoms with E-state index in [9.17, 15) is 9.59 Å². The standard InChI is InChI=1S/C21H21ClN2O2S/c1-3-19(25)24-10-11-27-21(24)16-12-14(2)8-9-18(16)23(20(21)26)13-15-6-4-5-7-17(15)22/h4-9,12H,3,10-11,13H2,1-2H3/t21-/m1/s1. The molecule has 2 aliphatic rings. The van der Waals surface area contributed by atoms with E-state index in [-0.39, 0.29) is 11.8 Å². The van der Waals surface area contributed by atoms with Gasteiger partial charge in [-0.05, 0) is 24.6 Å². The summed E-state index contributed by atoms with van der Waals surface area (Å²) in [6, 6.07) is 13.6. The summed E-state index contributed by atoms with van der Waals surface area (Å²) in [5.74, 6) is 0.720. The molecule has 2 heterocycles. The number of thioether (sulfide) groups is 1. The third-order valence-corrected chi connectivity index (χ3v) is 7.03. The van der Waals surface area contributed by atoms with Crippen molar-refractivity contribution in [3.8, 4) is 0 Å². The highest BCUT2D eigenvalue weighted by Crippen LogP contribution is 2.54. The van der Waals surface area contributed by atoms with Gasteiger partial charge in [0.1, 0.15) is 0 Å². The number of carbonyl (C=O) groups is 2. The molecule has 1 atom stereocenters. The van der Waals surface area contributed by atoms with Crippen LogP contribution in [0.2, 0.25) is 5.02 Å². The maximum atomic E-state index is 13.7. The first kappa shape index (κ1) is 18.4. The van der Waals surface area contributed by atoms with Crippen molar-refractivity contribution in [3.05, 3.63) is 64.2 Å². The Labute approximate surface area is 168 Å². The molecule has 0 bridgehead atoms. The number of benzene rings is 2. The Kier molecular flexibility index (Phi) is 4.68. The van der Waals surface area contributed by atoms with Crippen LogP contribution in [0.3, 0.4) is 0 Å². The van der Waals surface area contributed by atoms with Gasteiger partial charge in [0.15, 0.2) is 4.87 Å². The second-order valence-electron chi connectivity index (χ2n) is 6.89. The molecule has 0 radical (unpaired) electrons. The Hall–Kier alpha value is -1.98. The van der Waals surface area contributed by atoms with Gasteiger partial charge in [-0.1, -0.05) is 54.4 Å². The van der Waals surface area contributed by atoms with Crippen molar-refractivity contribution in [2.24, 2.45) is 0 Å². The summed E-state index contributed by atoms with van der Waals surface area (Å²) >= 11 is 7.91. The first-order valence-corrected chi connectivity index (χ1v) is 10.5. The molecule has 1 spiro atoms. The van der Waals surface area contributed by atoms with Gasteiger partial charge in [-0.15, -0.1) is 11.8 Å². The third-order valence-electron chi connectivity index (χ3n) is 5.24. The summed E-state index contributed by atoms with van der Waals surface area (Å²) < 4.78 is 0. The smallest absolute Gasteiger partial charge is 0.268 e. The second-order valence-corrected chi connectivity index (χ2v) is 8.59. The predicted molar refractivity (Wildman–Crippen MR) is 110 cm³/mol. The van der Waals surface area contributed by atoms with Crippen LogP contribution in [0.1, 0.15) is 30.0 Å². The van der Waals surface area contributed by atoms with Gasteiger partial charge >= 0.3 is 0 Å². The van der Waals surface area contributed by atoms with Gasteiger partial charge in [-0.3, -0.25) is 9.59 Å². The minimum Gasteiger partial charge on any atom is -0.315 e. The molecule has 0 N–H and O–H groups in total. The summed E-state index contributed by atoms with van der Waals surface area (Å²) in [6.07, 6.45) is 0.390. The van der Waals surface area contributed by atoms with Crippen LogP contribution in [-0.4, -0.2) is 29.0 Å². The molecule has 140 valence electrons. The second kappa shape index (κ2) is 6.88. The maximum Gasteiger partial charge on any atom is 0.268 e. The van der Waals surface area contributed by atoms with Crippen LogP contribution in [0.25, 0.3) is 0 Å². The number of aryl methyl sites for hydroxylation is 1. The molecule has 4 rings (SSSR count). The highest BCUT2D eigenvalue weighted by molar-refractivity contribution is 8.01. The van der Waals surface area contributed by atoms with E-state index in [4.69, 9.17) is 11.6 Å². The van der Waals surface area contributed by atoms with Crippen LogP contribution in [0.15, 0.2) is 42.5 Å². The summed E-state index contributed by atoms with van der Waals surface area (Å²) in [5, 5.41) is 0.639. The van der Waals surface area contributed by atoms with Gasteiger partial charge < -0.3 is 9.80 Å². The van der Waals surface area contributed by atoms with E-state index in [2.05, 4.69) is 0 Å². The van der Waals surface area contributed by atoms with Crippen molar-refractivity contribution >= 4 is 40.9 Å². The van der Waals surface area contributed by atoms with Gasteiger partial charge in [0.25, 0.3) is 5.91 Å². The van der Waals surface area contributed by atoms with Crippen molar-refractivity contribution in [2.75, 3.05) is 17.2 Å². The van der Waals surface area contributed by atoms with Crippen molar-refractivity contribution < 1.29 is 9.59 Å². The SMILES string of the molecule is CCC(=O)N1CCS[C@]12C(=O)N(Cc1ccccc1Cl)c1ccc(C)cc12. The highest BCUT2D eigenvalue weighted by atomic mass is 35.5. The molecule has 2 aromatic rings. The lowest BCUT2D eigenvalue weighted by molar-refractivity contribution is -0.139. The molecule has 0 aromatic heterocycles. The summed E-state index contributed by atoms with van der Waals surface area (Å²) in [5.41, 5.74) is 3.77. The van der Waals surface area contributed by atoms with Gasteiger partial charge in [0, 0.05) is 29.3 Å². The predicted octanol–water partition coefficient (Wildman–Crippen LogP) is 4.33. The number of anilines is 1. The average Bonchev–Trinajstić information content (AvgIpc) is 3.20. The van der Waals surface area contributed by atoms with E-state index in [1.807, 2.05) is 56.3 Å². The molecular weight excluding hydrogens is 380 g/mol. The number of amides is 2. The number of hydrogen-bond donors (Lipinski definition) is 0. The van der Waals surface area contributed by atoms with Gasteiger partial charge in [0.2, 0.25) is 5.91 Å². The van der Waals surface area contributed by atoms with Crippen molar-refractivity contribution in [3.63, 3.8) is 0 Å². The summed E-state index contributed by atoms with van der Waals surface area (Å²) in [7, 11) is 0. The van der Waals surface area contributed by atoms with Gasteiger partial charge in [-0.2, -0.15) is 0 Å². The minimum absolute atomic E-state index is 0.0143. The van der Waals surface area contributed by atoms with E-state index in [0.717, 1.165) is 28.1 Å². The quantitative estimate of drug-likeness (QED) is 0.769. The summed E-state index contributed by atoms with van der Waals surface area (Å²) in [6.45, 7) is 4.85. The fourth-order valence-electron chi connectivity index (χ4n) is 3.93. The van der Waals surface area contributed by atoms with Crippen molar-refractivity contribution in [1.82, 2.24) is 4.90 Å². The monoisotopic (exact) mass is 400 g/mol. The number of fused-ring (bicyclic) bond motifs is 2. The van der Waals surface area contributed by atoms with E-state index < -0.39 is 4.87 Å². The fraction of sp³-hybridized carbons (Fsp3) is 0.333. The third kappa shape index (κ3) is 2.75. The Morgan fingerprint density at radius 1 is 1.26 bits per heavy atom. The van der Waals surface area contributed by atoms with Crippen LogP contribution in [0.4, 0.5) is 5.69 Å². The first-order valence-electron chi connectivity index (χ1n) is 9.10. The van der Waals surface area contributed by atoms with E-state index >= 15 is 0 Å². The topological polar surface area (TPSA) is 40.6 Å². The molecule has 2 aromatic carbocycles. The number of rotatable bonds is 3. The fourth-order valence-corrected chi connectivity index (χ4v) is 5.60. The molecule has 2 amide bonds. The molecule has 1 saturated heterocycles. The Morgan fingerprint density at radius 2 is 2.04 bits per heavy atom. The number of carbonyl (C=O) groups excluding carboxylic acids is 2. The largest absolute Gasteiger partial charge is 0.315 e. The lowest BCUT2D eigenvalue weighted by atomic mass is 10.0. The number of hydrogen-bond acceptors (Lipinski definition) is 3. The van der Waals surface area contributed by atoms with Crippen LogP contribution < -0.4 is 4.90 Å². The van der Waals surface area contributed by atoms with Crippen molar-refractivity contribution in [2.45, 2.75) is 31.7 Å². The molecule has 0 unspecified atom stereocenters. The lowest BCUT2D eigenvalue weighted by Gasteiger charge is -2.33. The number of nitrogens with zero attached hydrogens (tertiary/aromatic N) is 2. The average molecular weight is 401 g/mol. The zero-order valence-corrected chi connectivity index (χ0v) is 16.9. The van der Waals surface area contributed by atoms with Crippen molar-refractivity contribution in [1.29, 1.82) is 0 Å². The molecule has 0 saturated carbocycles. The minimum atomic E-state index is -0.949. The summed E-state index contributed by atoms with van der Waals surface area (Å²) in [4.78, 5) is 29.0. The number of halogens is 1. The van der Waals surface area contributed by atoms with E-state index in [1.165, 1.54) is 0 Å². The normalized spacial score (nSPS) is 21.2. The molecule has 0 aliphatic carbocycles. The Morgan fingerprint density at radius 3 is 2.78 bits per heavy atom. The van der Waals surface area contributed by atoms with E-state index in [0.29, 0.717) is 24.5 Å². The Bertz CT molecular complexity index is 932. The Balaban J connectivity index is 1.84. The highest BCUT2D eigenvalue weighted by Gasteiger charge is 2.59. The van der Waals surface area contributed by atoms with E-state index in [1.54, 1.807) is 21.6 Å². The van der Waals surface area contributed by atoms with Crippen LogP contribution >= 0.6 is 23.4 Å². The first-order chi connectivity index (χ1) is 13.0. The molecule has 27 heavy (non-hydrogen) atoms. The van der Waals surface area contributed by atoms with Gasteiger partial charge in [-0.25, -0.2) is 0 Å². The molecule has 6 heteroatoms.